The molecule has 2 N–H and O–H groups in total. The van der Waals surface area contributed by atoms with Crippen molar-refractivity contribution >= 4 is 22.6 Å². The quantitative estimate of drug-likeness (QED) is 0.584. The Hall–Kier alpha value is -3.80. The maximum absolute atomic E-state index is 13.7. The molecule has 2 aromatic heterocycles. The van der Waals surface area contributed by atoms with Gasteiger partial charge in [0.25, 0.3) is 5.91 Å². The van der Waals surface area contributed by atoms with Crippen LogP contribution in [-0.2, 0) is 22.6 Å². The number of carbonyl (C=O) groups excluding carboxylic acids is 1. The lowest BCUT2D eigenvalue weighted by Gasteiger charge is -2.25. The summed E-state index contributed by atoms with van der Waals surface area (Å²) in [6, 6.07) is 11.1. The van der Waals surface area contributed by atoms with E-state index in [0.29, 0.717) is 55.5 Å². The minimum Gasteiger partial charge on any atom is -0.383 e. The van der Waals surface area contributed by atoms with Crippen molar-refractivity contribution in [3.8, 4) is 6.07 Å². The SMILES string of the molecule is C[C@@H]1OCc2c1c(N)nc1ccc(C(=O)N(CC3=CCCOC3)Cc3ccc(C#N)cn3)cc21. The van der Waals surface area contributed by atoms with E-state index in [1.165, 1.54) is 6.20 Å². The zero-order valence-electron chi connectivity index (χ0n) is 19.0. The van der Waals surface area contributed by atoms with E-state index in [9.17, 15) is 4.79 Å². The number of hydrogen-bond acceptors (Lipinski definition) is 7. The van der Waals surface area contributed by atoms with Gasteiger partial charge in [-0.05, 0) is 54.8 Å². The van der Waals surface area contributed by atoms with Gasteiger partial charge in [0.1, 0.15) is 11.9 Å². The molecule has 172 valence electrons. The Morgan fingerprint density at radius 3 is 2.88 bits per heavy atom. The number of nitrogens with two attached hydrogens (primary N) is 1. The van der Waals surface area contributed by atoms with Crippen LogP contribution in [0.3, 0.4) is 0 Å². The molecule has 0 bridgehead atoms. The second-order valence-corrected chi connectivity index (χ2v) is 8.59. The standard InChI is InChI=1S/C26H25N5O3/c1-16-24-22(15-34-16)21-9-19(5-7-23(21)30-25(24)28)26(32)31(12-18-3-2-8-33-14-18)13-20-6-4-17(10-27)11-29-20/h3-7,9,11,16H,2,8,12-15H2,1H3,(H2,28,30)/t16-/m0/s1. The topological polar surface area (TPSA) is 114 Å². The Morgan fingerprint density at radius 2 is 2.15 bits per heavy atom. The van der Waals surface area contributed by atoms with Gasteiger partial charge in [-0.1, -0.05) is 6.08 Å². The van der Waals surface area contributed by atoms with Crippen LogP contribution < -0.4 is 5.73 Å². The number of carbonyl (C=O) groups is 1. The van der Waals surface area contributed by atoms with Crippen LogP contribution in [0.15, 0.2) is 48.2 Å². The van der Waals surface area contributed by atoms with Gasteiger partial charge in [-0.15, -0.1) is 0 Å². The van der Waals surface area contributed by atoms with Gasteiger partial charge in [-0.2, -0.15) is 5.26 Å². The predicted octanol–water partition coefficient (Wildman–Crippen LogP) is 3.66. The highest BCUT2D eigenvalue weighted by atomic mass is 16.5. The van der Waals surface area contributed by atoms with Crippen LogP contribution in [0.25, 0.3) is 10.9 Å². The van der Waals surface area contributed by atoms with E-state index in [-0.39, 0.29) is 12.0 Å². The number of rotatable bonds is 5. The first-order chi connectivity index (χ1) is 16.5. The summed E-state index contributed by atoms with van der Waals surface area (Å²) in [6.07, 6.45) is 4.37. The molecule has 0 fully saturated rings. The van der Waals surface area contributed by atoms with E-state index in [4.69, 9.17) is 20.5 Å². The molecule has 0 aliphatic carbocycles. The normalized spacial score (nSPS) is 17.2. The summed E-state index contributed by atoms with van der Waals surface area (Å²) in [5.74, 6) is 0.362. The average Bonchev–Trinajstić information content (AvgIpc) is 3.26. The molecule has 2 aliphatic rings. The molecule has 1 amide bonds. The number of aromatic nitrogens is 2. The van der Waals surface area contributed by atoms with Crippen LogP contribution in [0.1, 0.15) is 52.2 Å². The number of nitriles is 1. The smallest absolute Gasteiger partial charge is 0.254 e. The molecule has 8 nitrogen and oxygen atoms in total. The Kier molecular flexibility index (Phi) is 5.97. The van der Waals surface area contributed by atoms with E-state index >= 15 is 0 Å². The first-order valence-electron chi connectivity index (χ1n) is 11.3. The molecule has 0 spiro atoms. The number of nitrogens with zero attached hydrogens (tertiary/aromatic N) is 4. The highest BCUT2D eigenvalue weighted by molar-refractivity contribution is 5.99. The van der Waals surface area contributed by atoms with Gasteiger partial charge in [-0.3, -0.25) is 9.78 Å². The minimum atomic E-state index is -0.122. The van der Waals surface area contributed by atoms with Crippen molar-refractivity contribution in [3.05, 3.63) is 76.1 Å². The van der Waals surface area contributed by atoms with Gasteiger partial charge in [0.2, 0.25) is 0 Å². The molecule has 1 aromatic carbocycles. The van der Waals surface area contributed by atoms with Crippen LogP contribution >= 0.6 is 0 Å². The van der Waals surface area contributed by atoms with Crippen LogP contribution in [-0.4, -0.2) is 40.5 Å². The summed E-state index contributed by atoms with van der Waals surface area (Å²) >= 11 is 0. The summed E-state index contributed by atoms with van der Waals surface area (Å²) in [5, 5.41) is 9.94. The Morgan fingerprint density at radius 1 is 1.26 bits per heavy atom. The van der Waals surface area contributed by atoms with E-state index in [1.807, 2.05) is 19.1 Å². The third-order valence-electron chi connectivity index (χ3n) is 6.27. The monoisotopic (exact) mass is 455 g/mol. The van der Waals surface area contributed by atoms with E-state index < -0.39 is 0 Å². The number of benzene rings is 1. The number of amides is 1. The summed E-state index contributed by atoms with van der Waals surface area (Å²) < 4.78 is 11.4. The Bertz CT molecular complexity index is 1330. The molecular formula is C26H25N5O3. The maximum Gasteiger partial charge on any atom is 0.254 e. The van der Waals surface area contributed by atoms with Crippen LogP contribution in [0, 0.1) is 11.3 Å². The number of fused-ring (bicyclic) bond motifs is 3. The van der Waals surface area contributed by atoms with E-state index in [2.05, 4.69) is 22.1 Å². The lowest BCUT2D eigenvalue weighted by molar-refractivity contribution is 0.0740. The first-order valence-corrected chi connectivity index (χ1v) is 11.3. The van der Waals surface area contributed by atoms with Gasteiger partial charge in [0.05, 0.1) is 49.2 Å². The number of nitrogen functional groups attached to an aromatic ring is 1. The van der Waals surface area contributed by atoms with Gasteiger partial charge >= 0.3 is 0 Å². The molecular weight excluding hydrogens is 430 g/mol. The number of hydrogen-bond donors (Lipinski definition) is 1. The second-order valence-electron chi connectivity index (χ2n) is 8.59. The fraction of sp³-hybridized carbons (Fsp3) is 0.308. The zero-order chi connectivity index (χ0) is 23.7. The van der Waals surface area contributed by atoms with Crippen molar-refractivity contribution in [2.45, 2.75) is 32.6 Å². The lowest BCUT2D eigenvalue weighted by Crippen LogP contribution is -2.34. The summed E-state index contributed by atoms with van der Waals surface area (Å²) in [7, 11) is 0. The second kappa shape index (κ2) is 9.21. The zero-order valence-corrected chi connectivity index (χ0v) is 19.0. The van der Waals surface area contributed by atoms with E-state index in [0.717, 1.165) is 34.0 Å². The molecule has 4 heterocycles. The Labute approximate surface area is 197 Å². The molecule has 0 unspecified atom stereocenters. The molecule has 2 aliphatic heterocycles. The third kappa shape index (κ3) is 4.23. The largest absolute Gasteiger partial charge is 0.383 e. The fourth-order valence-electron chi connectivity index (χ4n) is 4.52. The van der Waals surface area contributed by atoms with Crippen molar-refractivity contribution in [3.63, 3.8) is 0 Å². The number of anilines is 1. The number of pyridine rings is 2. The van der Waals surface area contributed by atoms with Crippen molar-refractivity contribution < 1.29 is 14.3 Å². The molecule has 5 rings (SSSR count). The highest BCUT2D eigenvalue weighted by Gasteiger charge is 2.26. The van der Waals surface area contributed by atoms with E-state index in [1.54, 1.807) is 23.1 Å². The molecule has 3 aromatic rings. The van der Waals surface area contributed by atoms with Crippen LogP contribution in [0.5, 0.6) is 0 Å². The number of ether oxygens (including phenoxy) is 2. The van der Waals surface area contributed by atoms with Gasteiger partial charge in [-0.25, -0.2) is 4.98 Å². The van der Waals surface area contributed by atoms with Crippen molar-refractivity contribution in [2.75, 3.05) is 25.5 Å². The van der Waals surface area contributed by atoms with Gasteiger partial charge < -0.3 is 20.1 Å². The molecule has 0 radical (unpaired) electrons. The third-order valence-corrected chi connectivity index (χ3v) is 6.27. The van der Waals surface area contributed by atoms with Crippen molar-refractivity contribution in [1.29, 1.82) is 5.26 Å². The van der Waals surface area contributed by atoms with Gasteiger partial charge in [0, 0.05) is 29.3 Å². The highest BCUT2D eigenvalue weighted by Crippen LogP contribution is 2.38. The average molecular weight is 456 g/mol. The molecule has 34 heavy (non-hydrogen) atoms. The summed E-state index contributed by atoms with van der Waals surface area (Å²) in [6.45, 7) is 4.36. The first kappa shape index (κ1) is 22.0. The summed E-state index contributed by atoms with van der Waals surface area (Å²) in [4.78, 5) is 24.4. The van der Waals surface area contributed by atoms with Gasteiger partial charge in [0.15, 0.2) is 0 Å². The molecule has 0 saturated carbocycles. The fourth-order valence-corrected chi connectivity index (χ4v) is 4.52. The van der Waals surface area contributed by atoms with Crippen molar-refractivity contribution in [2.24, 2.45) is 0 Å². The van der Waals surface area contributed by atoms with Crippen molar-refractivity contribution in [1.82, 2.24) is 14.9 Å². The molecule has 1 atom stereocenters. The van der Waals surface area contributed by atoms with Crippen LogP contribution in [0.4, 0.5) is 5.82 Å². The molecule has 0 saturated heterocycles. The maximum atomic E-state index is 13.7. The van der Waals surface area contributed by atoms with Crippen LogP contribution in [0.2, 0.25) is 0 Å². The minimum absolute atomic E-state index is 0.114. The molecule has 8 heteroatoms. The Balaban J connectivity index is 1.50. The summed E-state index contributed by atoms with van der Waals surface area (Å²) in [5.41, 5.74) is 11.6. The predicted molar refractivity (Wildman–Crippen MR) is 127 cm³/mol. The lowest BCUT2D eigenvalue weighted by atomic mass is 10.00.